The van der Waals surface area contributed by atoms with E-state index in [1.54, 1.807) is 0 Å². The van der Waals surface area contributed by atoms with Crippen LogP contribution in [0.25, 0.3) is 21.9 Å². The average molecular weight is 332 g/mol. The Balaban J connectivity index is 1.64. The van der Waals surface area contributed by atoms with Gasteiger partial charge in [-0.2, -0.15) is 0 Å². The number of benzene rings is 2. The van der Waals surface area contributed by atoms with Crippen LogP contribution in [0.4, 0.5) is 5.69 Å². The number of rotatable bonds is 3. The first-order valence-electron chi connectivity index (χ1n) is 7.94. The third-order valence-corrected chi connectivity index (χ3v) is 4.13. The fraction of sp³-hybridized carbons (Fsp3) is 0.105. The third-order valence-electron chi connectivity index (χ3n) is 4.13. The molecule has 0 atom stereocenters. The SMILES string of the molecule is Cc1ccc(NC(=O)Cn2cnc3c([nH]c4ccccc43)c2=O)cc1. The Morgan fingerprint density at radius 3 is 2.72 bits per heavy atom. The molecule has 4 aromatic rings. The van der Waals surface area contributed by atoms with Gasteiger partial charge in [0.05, 0.1) is 6.33 Å². The Kier molecular flexibility index (Phi) is 3.57. The topological polar surface area (TPSA) is 79.8 Å². The summed E-state index contributed by atoms with van der Waals surface area (Å²) in [5.41, 5.74) is 3.43. The van der Waals surface area contributed by atoms with Gasteiger partial charge >= 0.3 is 0 Å². The van der Waals surface area contributed by atoms with Crippen molar-refractivity contribution in [3.8, 4) is 0 Å². The number of aryl methyl sites for hydroxylation is 1. The molecule has 0 radical (unpaired) electrons. The van der Waals surface area contributed by atoms with E-state index in [4.69, 9.17) is 0 Å². The van der Waals surface area contributed by atoms with Gasteiger partial charge in [-0.15, -0.1) is 0 Å². The van der Waals surface area contributed by atoms with Gasteiger partial charge in [0.2, 0.25) is 5.91 Å². The number of carbonyl (C=O) groups excluding carboxylic acids is 1. The minimum atomic E-state index is -0.275. The van der Waals surface area contributed by atoms with Crippen molar-refractivity contribution >= 4 is 33.5 Å². The van der Waals surface area contributed by atoms with Crippen molar-refractivity contribution in [2.75, 3.05) is 5.32 Å². The van der Waals surface area contributed by atoms with E-state index in [0.29, 0.717) is 16.7 Å². The molecule has 6 nitrogen and oxygen atoms in total. The molecule has 6 heteroatoms. The van der Waals surface area contributed by atoms with Crippen LogP contribution >= 0.6 is 0 Å². The highest BCUT2D eigenvalue weighted by Crippen LogP contribution is 2.20. The van der Waals surface area contributed by atoms with Crippen molar-refractivity contribution in [1.29, 1.82) is 0 Å². The van der Waals surface area contributed by atoms with Gasteiger partial charge in [-0.1, -0.05) is 35.9 Å². The number of hydrogen-bond acceptors (Lipinski definition) is 3. The van der Waals surface area contributed by atoms with Crippen molar-refractivity contribution in [3.05, 3.63) is 70.8 Å². The Labute approximate surface area is 143 Å². The van der Waals surface area contributed by atoms with Crippen LogP contribution < -0.4 is 10.9 Å². The summed E-state index contributed by atoms with van der Waals surface area (Å²) >= 11 is 0. The van der Waals surface area contributed by atoms with Gasteiger partial charge in [-0.05, 0) is 25.1 Å². The quantitative estimate of drug-likeness (QED) is 0.605. The van der Waals surface area contributed by atoms with E-state index >= 15 is 0 Å². The lowest BCUT2D eigenvalue weighted by Crippen LogP contribution is -2.27. The molecular formula is C19H16N4O2. The largest absolute Gasteiger partial charge is 0.349 e. The first-order chi connectivity index (χ1) is 12.1. The molecule has 2 aromatic heterocycles. The van der Waals surface area contributed by atoms with Crippen LogP contribution in [0.1, 0.15) is 5.56 Å². The Bertz CT molecular complexity index is 1140. The second-order valence-electron chi connectivity index (χ2n) is 5.99. The van der Waals surface area contributed by atoms with Crippen LogP contribution in [-0.4, -0.2) is 20.4 Å². The molecule has 124 valence electrons. The average Bonchev–Trinajstić information content (AvgIpc) is 2.99. The van der Waals surface area contributed by atoms with Gasteiger partial charge < -0.3 is 10.3 Å². The first kappa shape index (κ1) is 15.1. The number of para-hydroxylation sites is 1. The number of nitrogens with zero attached hydrogens (tertiary/aromatic N) is 2. The molecule has 0 aliphatic heterocycles. The summed E-state index contributed by atoms with van der Waals surface area (Å²) in [5, 5.41) is 3.68. The Morgan fingerprint density at radius 2 is 1.92 bits per heavy atom. The highest BCUT2D eigenvalue weighted by Gasteiger charge is 2.12. The van der Waals surface area contributed by atoms with E-state index < -0.39 is 0 Å². The predicted octanol–water partition coefficient (Wildman–Crippen LogP) is 2.82. The lowest BCUT2D eigenvalue weighted by molar-refractivity contribution is -0.116. The molecular weight excluding hydrogens is 316 g/mol. The van der Waals surface area contributed by atoms with E-state index in [2.05, 4.69) is 15.3 Å². The van der Waals surface area contributed by atoms with E-state index in [1.807, 2.05) is 55.5 Å². The molecule has 2 N–H and O–H groups in total. The number of anilines is 1. The van der Waals surface area contributed by atoms with Gasteiger partial charge in [0.15, 0.2) is 0 Å². The van der Waals surface area contributed by atoms with Gasteiger partial charge in [-0.25, -0.2) is 4.98 Å². The van der Waals surface area contributed by atoms with Crippen LogP contribution in [0.15, 0.2) is 59.7 Å². The number of carbonyl (C=O) groups is 1. The summed E-state index contributed by atoms with van der Waals surface area (Å²) in [4.78, 5) is 32.3. The molecule has 0 fully saturated rings. The Morgan fingerprint density at radius 1 is 1.16 bits per heavy atom. The van der Waals surface area contributed by atoms with Crippen LogP contribution in [0.5, 0.6) is 0 Å². The Hall–Kier alpha value is -3.41. The fourth-order valence-electron chi connectivity index (χ4n) is 2.84. The molecule has 0 saturated carbocycles. The van der Waals surface area contributed by atoms with E-state index in [9.17, 15) is 9.59 Å². The van der Waals surface area contributed by atoms with Crippen molar-refractivity contribution in [2.24, 2.45) is 0 Å². The van der Waals surface area contributed by atoms with Gasteiger partial charge in [-0.3, -0.25) is 14.2 Å². The molecule has 0 bridgehead atoms. The summed E-state index contributed by atoms with van der Waals surface area (Å²) in [6.45, 7) is 1.89. The normalized spacial score (nSPS) is 11.1. The molecule has 0 saturated heterocycles. The van der Waals surface area contributed by atoms with Crippen LogP contribution in [0.3, 0.4) is 0 Å². The molecule has 0 aliphatic carbocycles. The zero-order valence-electron chi connectivity index (χ0n) is 13.6. The molecule has 1 amide bonds. The van der Waals surface area contributed by atoms with Gasteiger partial charge in [0.1, 0.15) is 17.6 Å². The summed E-state index contributed by atoms with van der Waals surface area (Å²) in [5.74, 6) is -0.275. The molecule has 4 rings (SSSR count). The molecule has 0 aliphatic rings. The maximum atomic E-state index is 12.6. The maximum absolute atomic E-state index is 12.6. The number of aromatic nitrogens is 3. The summed E-state index contributed by atoms with van der Waals surface area (Å²) < 4.78 is 1.31. The molecule has 0 spiro atoms. The summed E-state index contributed by atoms with van der Waals surface area (Å²) in [6, 6.07) is 15.1. The second kappa shape index (κ2) is 5.90. The van der Waals surface area contributed by atoms with Gasteiger partial charge in [0, 0.05) is 16.6 Å². The third kappa shape index (κ3) is 2.78. The zero-order chi connectivity index (χ0) is 17.4. The maximum Gasteiger partial charge on any atom is 0.278 e. The lowest BCUT2D eigenvalue weighted by atomic mass is 10.2. The van der Waals surface area contributed by atoms with E-state index in [1.165, 1.54) is 10.9 Å². The van der Waals surface area contributed by atoms with Crippen molar-refractivity contribution in [3.63, 3.8) is 0 Å². The molecule has 2 heterocycles. The van der Waals surface area contributed by atoms with Crippen LogP contribution in [0, 0.1) is 6.92 Å². The summed E-state index contributed by atoms with van der Waals surface area (Å²) in [7, 11) is 0. The van der Waals surface area contributed by atoms with E-state index in [0.717, 1.165) is 16.5 Å². The minimum Gasteiger partial charge on any atom is -0.349 e. The smallest absolute Gasteiger partial charge is 0.278 e. The molecule has 2 aromatic carbocycles. The van der Waals surface area contributed by atoms with E-state index in [-0.39, 0.29) is 18.0 Å². The van der Waals surface area contributed by atoms with Crippen molar-refractivity contribution in [2.45, 2.75) is 13.5 Å². The summed E-state index contributed by atoms with van der Waals surface area (Å²) in [6.07, 6.45) is 1.42. The van der Waals surface area contributed by atoms with Crippen LogP contribution in [-0.2, 0) is 11.3 Å². The second-order valence-corrected chi connectivity index (χ2v) is 5.99. The van der Waals surface area contributed by atoms with Crippen LogP contribution in [0.2, 0.25) is 0 Å². The fourth-order valence-corrected chi connectivity index (χ4v) is 2.84. The number of amides is 1. The zero-order valence-corrected chi connectivity index (χ0v) is 13.6. The number of nitrogens with one attached hydrogen (secondary N) is 2. The standard InChI is InChI=1S/C19H16N4O2/c1-12-6-8-13(9-7-12)21-16(24)10-23-11-20-17-14-4-2-3-5-15(14)22-18(17)19(23)25/h2-9,11,22H,10H2,1H3,(H,21,24). The highest BCUT2D eigenvalue weighted by atomic mass is 16.2. The number of H-pyrrole nitrogens is 1. The highest BCUT2D eigenvalue weighted by molar-refractivity contribution is 6.04. The monoisotopic (exact) mass is 332 g/mol. The minimum absolute atomic E-state index is 0.0922. The number of hydrogen-bond donors (Lipinski definition) is 2. The number of fused-ring (bicyclic) bond motifs is 3. The lowest BCUT2D eigenvalue weighted by Gasteiger charge is -2.07. The van der Waals surface area contributed by atoms with Gasteiger partial charge in [0.25, 0.3) is 5.56 Å². The van der Waals surface area contributed by atoms with Crippen molar-refractivity contribution in [1.82, 2.24) is 14.5 Å². The van der Waals surface area contributed by atoms with Crippen molar-refractivity contribution < 1.29 is 4.79 Å². The number of aromatic amines is 1. The predicted molar refractivity (Wildman–Crippen MR) is 97.7 cm³/mol. The molecule has 25 heavy (non-hydrogen) atoms. The molecule has 0 unspecified atom stereocenters. The first-order valence-corrected chi connectivity index (χ1v) is 7.94.